The Labute approximate surface area is 269 Å². The van der Waals surface area contributed by atoms with Gasteiger partial charge in [0, 0.05) is 55.7 Å². The van der Waals surface area contributed by atoms with E-state index in [-0.39, 0.29) is 17.9 Å². The lowest BCUT2D eigenvalue weighted by Crippen LogP contribution is -2.58. The molecule has 44 heavy (non-hydrogen) atoms. The SMILES string of the molecule is CC(C)CN(C1CCN(C(=O)C(Cc2ccc(Cl)cc2)NC(=O)C2Cc3ccccc3CN2)CC1)C1CCN(C(C)C)CC1. The van der Waals surface area contributed by atoms with Gasteiger partial charge in [0.15, 0.2) is 0 Å². The molecule has 0 saturated carbocycles. The van der Waals surface area contributed by atoms with Crippen molar-refractivity contribution in [1.82, 2.24) is 25.3 Å². The molecule has 240 valence electrons. The van der Waals surface area contributed by atoms with Crippen molar-refractivity contribution in [3.63, 3.8) is 0 Å². The Balaban J connectivity index is 1.24. The lowest BCUT2D eigenvalue weighted by Gasteiger charge is -2.46. The number of benzene rings is 2. The molecule has 0 bridgehead atoms. The van der Waals surface area contributed by atoms with Crippen LogP contribution in [0.4, 0.5) is 0 Å². The highest BCUT2D eigenvalue weighted by molar-refractivity contribution is 6.30. The molecule has 2 N–H and O–H groups in total. The summed E-state index contributed by atoms with van der Waals surface area (Å²) in [5, 5.41) is 7.20. The van der Waals surface area contributed by atoms with Crippen LogP contribution in [0.3, 0.4) is 0 Å². The third kappa shape index (κ3) is 8.42. The second kappa shape index (κ2) is 15.2. The number of piperidine rings is 2. The van der Waals surface area contributed by atoms with Crippen LogP contribution in [-0.4, -0.2) is 89.4 Å². The summed E-state index contributed by atoms with van der Waals surface area (Å²) in [4.78, 5) is 35.0. The Hall–Kier alpha value is -2.45. The molecule has 0 aliphatic carbocycles. The second-order valence-electron chi connectivity index (χ2n) is 13.8. The lowest BCUT2D eigenvalue weighted by molar-refractivity contribution is -0.138. The largest absolute Gasteiger partial charge is 0.343 e. The van der Waals surface area contributed by atoms with Crippen molar-refractivity contribution in [1.29, 1.82) is 0 Å². The predicted octanol–water partition coefficient (Wildman–Crippen LogP) is 4.90. The minimum absolute atomic E-state index is 0.0172. The highest BCUT2D eigenvalue weighted by Gasteiger charge is 2.36. The number of carbonyl (C=O) groups excluding carboxylic acids is 2. The Morgan fingerprint density at radius 1 is 0.909 bits per heavy atom. The monoisotopic (exact) mass is 621 g/mol. The molecule has 2 fully saturated rings. The minimum atomic E-state index is -0.619. The highest BCUT2D eigenvalue weighted by atomic mass is 35.5. The van der Waals surface area contributed by atoms with Crippen molar-refractivity contribution in [3.8, 4) is 0 Å². The van der Waals surface area contributed by atoms with Gasteiger partial charge in [0.1, 0.15) is 6.04 Å². The number of rotatable bonds is 10. The number of nitrogens with zero attached hydrogens (tertiary/aromatic N) is 3. The maximum Gasteiger partial charge on any atom is 0.245 e. The summed E-state index contributed by atoms with van der Waals surface area (Å²) in [6.45, 7) is 14.8. The van der Waals surface area contributed by atoms with Crippen molar-refractivity contribution in [2.45, 2.75) is 103 Å². The fraction of sp³-hybridized carbons (Fsp3) is 0.611. The molecule has 7 nitrogen and oxygen atoms in total. The zero-order chi connectivity index (χ0) is 31.2. The summed E-state index contributed by atoms with van der Waals surface area (Å²) in [6, 6.07) is 16.6. The van der Waals surface area contributed by atoms with E-state index in [1.807, 2.05) is 41.3 Å². The summed E-state index contributed by atoms with van der Waals surface area (Å²) >= 11 is 6.15. The average Bonchev–Trinajstić information content (AvgIpc) is 3.03. The summed E-state index contributed by atoms with van der Waals surface area (Å²) in [6.07, 6.45) is 5.46. The van der Waals surface area contributed by atoms with E-state index < -0.39 is 6.04 Å². The molecule has 5 rings (SSSR count). The number of amides is 2. The Morgan fingerprint density at radius 2 is 1.52 bits per heavy atom. The molecule has 8 heteroatoms. The van der Waals surface area contributed by atoms with Crippen LogP contribution >= 0.6 is 11.6 Å². The number of fused-ring (bicyclic) bond motifs is 1. The number of likely N-dealkylation sites (tertiary alicyclic amines) is 2. The number of nitrogens with one attached hydrogen (secondary N) is 2. The van der Waals surface area contributed by atoms with Crippen LogP contribution in [0, 0.1) is 5.92 Å². The molecule has 2 unspecified atom stereocenters. The molecular weight excluding hydrogens is 570 g/mol. The molecule has 0 radical (unpaired) electrons. The van der Waals surface area contributed by atoms with Gasteiger partial charge in [0.05, 0.1) is 6.04 Å². The van der Waals surface area contributed by atoms with Crippen molar-refractivity contribution in [2.24, 2.45) is 5.92 Å². The fourth-order valence-corrected chi connectivity index (χ4v) is 7.48. The average molecular weight is 622 g/mol. The van der Waals surface area contributed by atoms with E-state index in [1.54, 1.807) is 0 Å². The normalized spacial score (nSPS) is 21.1. The maximum absolute atomic E-state index is 14.1. The van der Waals surface area contributed by atoms with E-state index in [4.69, 9.17) is 11.6 Å². The Morgan fingerprint density at radius 3 is 2.14 bits per heavy atom. The van der Waals surface area contributed by atoms with Gasteiger partial charge in [0.2, 0.25) is 11.8 Å². The summed E-state index contributed by atoms with van der Waals surface area (Å²) in [7, 11) is 0. The molecule has 2 amide bonds. The van der Waals surface area contributed by atoms with Gasteiger partial charge in [-0.25, -0.2) is 0 Å². The van der Waals surface area contributed by atoms with Crippen LogP contribution in [0.2, 0.25) is 5.02 Å². The van der Waals surface area contributed by atoms with Crippen LogP contribution in [0.25, 0.3) is 0 Å². The molecule has 2 saturated heterocycles. The van der Waals surface area contributed by atoms with Crippen LogP contribution in [0.5, 0.6) is 0 Å². The van der Waals surface area contributed by atoms with Gasteiger partial charge >= 0.3 is 0 Å². The van der Waals surface area contributed by atoms with E-state index >= 15 is 0 Å². The maximum atomic E-state index is 14.1. The number of hydrogen-bond acceptors (Lipinski definition) is 5. The van der Waals surface area contributed by atoms with Gasteiger partial charge in [-0.15, -0.1) is 0 Å². The Bertz CT molecular complexity index is 1240. The van der Waals surface area contributed by atoms with Crippen LogP contribution in [0.15, 0.2) is 48.5 Å². The third-order valence-corrected chi connectivity index (χ3v) is 10.1. The molecule has 2 atom stereocenters. The van der Waals surface area contributed by atoms with Crippen molar-refractivity contribution >= 4 is 23.4 Å². The quantitative estimate of drug-likeness (QED) is 0.395. The molecule has 3 aliphatic rings. The molecule has 0 spiro atoms. The third-order valence-electron chi connectivity index (χ3n) is 9.89. The predicted molar refractivity (Wildman–Crippen MR) is 179 cm³/mol. The van der Waals surface area contributed by atoms with Gasteiger partial charge in [-0.3, -0.25) is 14.5 Å². The Kier molecular flexibility index (Phi) is 11.4. The molecule has 2 aromatic rings. The molecule has 3 aliphatic heterocycles. The summed E-state index contributed by atoms with van der Waals surface area (Å²) < 4.78 is 0. The number of hydrogen-bond donors (Lipinski definition) is 2. The summed E-state index contributed by atoms with van der Waals surface area (Å²) in [5.41, 5.74) is 3.40. The molecule has 0 aromatic heterocycles. The number of carbonyl (C=O) groups is 2. The van der Waals surface area contributed by atoms with Gasteiger partial charge in [-0.1, -0.05) is 61.8 Å². The van der Waals surface area contributed by atoms with E-state index in [2.05, 4.69) is 60.3 Å². The standard InChI is InChI=1S/C36H52ClN5O2/c1-25(2)24-42(31-13-17-40(18-14-31)26(3)4)32-15-19-41(20-16-32)36(44)34(21-27-9-11-30(37)12-10-27)39-35(43)33-22-28-7-5-6-8-29(28)23-38-33/h5-12,25-26,31-34,38H,13-24H2,1-4H3,(H,39,43). The van der Waals surface area contributed by atoms with Crippen LogP contribution in [-0.2, 0) is 29.0 Å². The first-order valence-electron chi connectivity index (χ1n) is 16.8. The first-order chi connectivity index (χ1) is 21.2. The minimum Gasteiger partial charge on any atom is -0.343 e. The fourth-order valence-electron chi connectivity index (χ4n) is 7.36. The molecule has 2 aromatic carbocycles. The van der Waals surface area contributed by atoms with Crippen LogP contribution in [0.1, 0.15) is 70.1 Å². The topological polar surface area (TPSA) is 67.9 Å². The van der Waals surface area contributed by atoms with Gasteiger partial charge in [0.25, 0.3) is 0 Å². The van der Waals surface area contributed by atoms with Crippen LogP contribution < -0.4 is 10.6 Å². The van der Waals surface area contributed by atoms with Crippen molar-refractivity contribution in [3.05, 3.63) is 70.2 Å². The zero-order valence-electron chi connectivity index (χ0n) is 27.1. The smallest absolute Gasteiger partial charge is 0.245 e. The second-order valence-corrected chi connectivity index (χ2v) is 14.2. The molecule has 3 heterocycles. The van der Waals surface area contributed by atoms with Crippen molar-refractivity contribution in [2.75, 3.05) is 32.7 Å². The lowest BCUT2D eigenvalue weighted by atomic mass is 9.93. The first-order valence-corrected chi connectivity index (χ1v) is 17.2. The number of halogens is 1. The first kappa shape index (κ1) is 32.9. The van der Waals surface area contributed by atoms with Gasteiger partial charge in [-0.05, 0) is 93.8 Å². The molecular formula is C36H52ClN5O2. The summed E-state index contributed by atoms with van der Waals surface area (Å²) in [5.74, 6) is 0.512. The van der Waals surface area contributed by atoms with E-state index in [1.165, 1.54) is 37.1 Å². The van der Waals surface area contributed by atoms with Crippen molar-refractivity contribution < 1.29 is 9.59 Å². The van der Waals surface area contributed by atoms with E-state index in [0.29, 0.717) is 48.5 Å². The van der Waals surface area contributed by atoms with Gasteiger partial charge in [-0.2, -0.15) is 0 Å². The van der Waals surface area contributed by atoms with Gasteiger partial charge < -0.3 is 20.4 Å². The zero-order valence-corrected chi connectivity index (χ0v) is 27.9. The van der Waals surface area contributed by atoms with E-state index in [9.17, 15) is 9.59 Å². The highest BCUT2D eigenvalue weighted by Crippen LogP contribution is 2.27. The van der Waals surface area contributed by atoms with E-state index in [0.717, 1.165) is 38.0 Å².